The number of ether oxygens (including phenoxy) is 1. The third-order valence-corrected chi connectivity index (χ3v) is 4.16. The van der Waals surface area contributed by atoms with E-state index < -0.39 is 0 Å². The van der Waals surface area contributed by atoms with Crippen LogP contribution < -0.4 is 10.2 Å². The van der Waals surface area contributed by atoms with Crippen LogP contribution in [-0.4, -0.2) is 33.9 Å². The van der Waals surface area contributed by atoms with Crippen molar-refractivity contribution in [1.29, 1.82) is 0 Å². The van der Waals surface area contributed by atoms with Gasteiger partial charge in [-0.1, -0.05) is 23.4 Å². The fourth-order valence-electron chi connectivity index (χ4n) is 2.05. The number of carbonyl (C=O) groups excluding carboxylic acids is 1. The van der Waals surface area contributed by atoms with Crippen LogP contribution in [0.4, 0.5) is 0 Å². The molecule has 1 amide bonds. The molecule has 2 aromatic rings. The lowest BCUT2D eigenvalue weighted by molar-refractivity contribution is -0.118. The van der Waals surface area contributed by atoms with E-state index in [0.29, 0.717) is 15.9 Å². The minimum absolute atomic E-state index is 0.0463. The number of thioether (sulfide) groups is 1. The van der Waals surface area contributed by atoms with Gasteiger partial charge in [0.25, 0.3) is 5.91 Å². The zero-order valence-electron chi connectivity index (χ0n) is 15.1. The zero-order chi connectivity index (χ0) is 19.1. The molecular weight excluding hydrogens is 372 g/mol. The minimum atomic E-state index is -0.236. The van der Waals surface area contributed by atoms with Gasteiger partial charge in [0.1, 0.15) is 5.75 Å². The van der Waals surface area contributed by atoms with Crippen LogP contribution in [0.5, 0.6) is 5.75 Å². The molecule has 6 nitrogen and oxygen atoms in total. The summed E-state index contributed by atoms with van der Waals surface area (Å²) in [5.41, 5.74) is 4.99. The molecule has 0 saturated carbocycles. The molecule has 1 N–H and O–H groups in total. The van der Waals surface area contributed by atoms with Crippen LogP contribution >= 0.6 is 23.4 Å². The van der Waals surface area contributed by atoms with Gasteiger partial charge in [-0.3, -0.25) is 4.79 Å². The van der Waals surface area contributed by atoms with E-state index >= 15 is 0 Å². The first-order chi connectivity index (χ1) is 12.3. The summed E-state index contributed by atoms with van der Waals surface area (Å²) in [6.45, 7) is 7.65. The molecular formula is C18H21ClN4O2S. The molecule has 0 bridgehead atoms. The van der Waals surface area contributed by atoms with Gasteiger partial charge < -0.3 is 4.74 Å². The summed E-state index contributed by atoms with van der Waals surface area (Å²) >= 11 is 7.43. The number of aryl methyl sites for hydroxylation is 2. The van der Waals surface area contributed by atoms with E-state index in [9.17, 15) is 4.79 Å². The number of aromatic nitrogens is 2. The predicted octanol–water partition coefficient (Wildman–Crippen LogP) is 3.78. The van der Waals surface area contributed by atoms with Gasteiger partial charge in [0, 0.05) is 11.4 Å². The summed E-state index contributed by atoms with van der Waals surface area (Å²) in [5.74, 6) is 0.565. The Morgan fingerprint density at radius 3 is 2.62 bits per heavy atom. The van der Waals surface area contributed by atoms with Crippen LogP contribution in [0.3, 0.4) is 0 Å². The maximum Gasteiger partial charge on any atom is 0.250 e. The van der Waals surface area contributed by atoms with Crippen molar-refractivity contribution in [2.45, 2.75) is 39.0 Å². The van der Waals surface area contributed by atoms with Crippen LogP contribution in [0.1, 0.15) is 30.8 Å². The Bertz CT molecular complexity index is 792. The molecule has 0 radical (unpaired) electrons. The molecule has 0 fully saturated rings. The summed E-state index contributed by atoms with van der Waals surface area (Å²) in [6.07, 6.45) is 1.57. The molecule has 2 rings (SSSR count). The number of halogens is 1. The predicted molar refractivity (Wildman–Crippen MR) is 105 cm³/mol. The van der Waals surface area contributed by atoms with Gasteiger partial charge >= 0.3 is 0 Å². The Hall–Kier alpha value is -2.12. The number of hydrogen-bond acceptors (Lipinski definition) is 6. The number of nitrogens with one attached hydrogen (secondary N) is 1. The number of hydrazone groups is 1. The van der Waals surface area contributed by atoms with Crippen molar-refractivity contribution in [3.05, 3.63) is 46.2 Å². The number of benzene rings is 1. The highest BCUT2D eigenvalue weighted by Crippen LogP contribution is 2.25. The van der Waals surface area contributed by atoms with Crippen molar-refractivity contribution in [2.24, 2.45) is 5.10 Å². The molecule has 138 valence electrons. The molecule has 0 aliphatic carbocycles. The third-order valence-electron chi connectivity index (χ3n) is 3.02. The molecule has 1 aromatic carbocycles. The summed E-state index contributed by atoms with van der Waals surface area (Å²) in [7, 11) is 0. The van der Waals surface area contributed by atoms with E-state index in [4.69, 9.17) is 16.3 Å². The number of nitrogens with zero attached hydrogens (tertiary/aromatic N) is 3. The Kier molecular flexibility index (Phi) is 7.41. The highest BCUT2D eigenvalue weighted by Gasteiger charge is 2.06. The Morgan fingerprint density at radius 1 is 1.31 bits per heavy atom. The number of carbonyl (C=O) groups is 1. The SMILES string of the molecule is Cc1cc(C)nc(SCC(=O)N/N=C\c2ccc(OC(C)C)c(Cl)c2)n1. The Morgan fingerprint density at radius 2 is 2.00 bits per heavy atom. The van der Waals surface area contributed by atoms with Crippen molar-refractivity contribution < 1.29 is 9.53 Å². The number of hydrogen-bond donors (Lipinski definition) is 1. The molecule has 1 heterocycles. The molecule has 1 aromatic heterocycles. The van der Waals surface area contributed by atoms with Gasteiger partial charge in [0.2, 0.25) is 0 Å². The smallest absolute Gasteiger partial charge is 0.250 e. The van der Waals surface area contributed by atoms with Crippen LogP contribution in [0.2, 0.25) is 5.02 Å². The first kappa shape index (κ1) is 20.2. The average molecular weight is 393 g/mol. The minimum Gasteiger partial charge on any atom is -0.489 e. The molecule has 0 spiro atoms. The second-order valence-electron chi connectivity index (χ2n) is 5.87. The van der Waals surface area contributed by atoms with Crippen molar-refractivity contribution in [3.63, 3.8) is 0 Å². The quantitative estimate of drug-likeness (QED) is 0.336. The molecule has 0 aliphatic heterocycles. The summed E-state index contributed by atoms with van der Waals surface area (Å²) < 4.78 is 5.57. The monoisotopic (exact) mass is 392 g/mol. The lowest BCUT2D eigenvalue weighted by Crippen LogP contribution is -2.19. The Balaban J connectivity index is 1.85. The summed E-state index contributed by atoms with van der Waals surface area (Å²) in [5, 5.41) is 5.02. The Labute approximate surface area is 162 Å². The zero-order valence-corrected chi connectivity index (χ0v) is 16.7. The molecule has 0 atom stereocenters. The number of rotatable bonds is 7. The molecule has 0 unspecified atom stereocenters. The maximum atomic E-state index is 11.9. The first-order valence-electron chi connectivity index (χ1n) is 8.06. The maximum absolute atomic E-state index is 11.9. The van der Waals surface area contributed by atoms with Crippen LogP contribution in [0.15, 0.2) is 34.5 Å². The van der Waals surface area contributed by atoms with Gasteiger partial charge in [0.05, 0.1) is 23.1 Å². The van der Waals surface area contributed by atoms with Crippen molar-refractivity contribution in [2.75, 3.05) is 5.75 Å². The van der Waals surface area contributed by atoms with Gasteiger partial charge in [0.15, 0.2) is 5.16 Å². The lowest BCUT2D eigenvalue weighted by Gasteiger charge is -2.11. The van der Waals surface area contributed by atoms with Crippen LogP contribution in [-0.2, 0) is 4.79 Å². The standard InChI is InChI=1S/C18H21ClN4O2S/c1-11(2)25-16-6-5-14(8-15(16)19)9-20-23-17(24)10-26-18-21-12(3)7-13(4)22-18/h5-9,11H,10H2,1-4H3,(H,23,24)/b20-9-. The fourth-order valence-corrected chi connectivity index (χ4v) is 3.02. The van der Waals surface area contributed by atoms with Crippen LogP contribution in [0, 0.1) is 13.8 Å². The highest BCUT2D eigenvalue weighted by atomic mass is 35.5. The van der Waals surface area contributed by atoms with Gasteiger partial charge in [-0.05, 0) is 57.5 Å². The number of amides is 1. The van der Waals surface area contributed by atoms with E-state index in [1.54, 1.807) is 12.1 Å². The van der Waals surface area contributed by atoms with E-state index in [2.05, 4.69) is 20.5 Å². The van der Waals surface area contributed by atoms with Crippen molar-refractivity contribution in [1.82, 2.24) is 15.4 Å². The summed E-state index contributed by atoms with van der Waals surface area (Å²) in [6, 6.07) is 7.21. The van der Waals surface area contributed by atoms with E-state index in [1.807, 2.05) is 39.8 Å². The van der Waals surface area contributed by atoms with E-state index in [-0.39, 0.29) is 17.8 Å². The molecule has 26 heavy (non-hydrogen) atoms. The van der Waals surface area contributed by atoms with Gasteiger partial charge in [-0.25, -0.2) is 15.4 Å². The second kappa shape index (κ2) is 9.54. The molecule has 0 saturated heterocycles. The average Bonchev–Trinajstić information content (AvgIpc) is 2.54. The van der Waals surface area contributed by atoms with Crippen LogP contribution in [0.25, 0.3) is 0 Å². The fraction of sp³-hybridized carbons (Fsp3) is 0.333. The lowest BCUT2D eigenvalue weighted by atomic mass is 10.2. The van der Waals surface area contributed by atoms with Crippen molar-refractivity contribution >= 4 is 35.5 Å². The normalized spacial score (nSPS) is 11.2. The van der Waals surface area contributed by atoms with Gasteiger partial charge in [-0.15, -0.1) is 0 Å². The third kappa shape index (κ3) is 6.65. The highest BCUT2D eigenvalue weighted by molar-refractivity contribution is 7.99. The van der Waals surface area contributed by atoms with Gasteiger partial charge in [-0.2, -0.15) is 5.10 Å². The van der Waals surface area contributed by atoms with E-state index in [0.717, 1.165) is 17.0 Å². The van der Waals surface area contributed by atoms with E-state index in [1.165, 1.54) is 18.0 Å². The first-order valence-corrected chi connectivity index (χ1v) is 9.43. The largest absolute Gasteiger partial charge is 0.489 e. The summed E-state index contributed by atoms with van der Waals surface area (Å²) in [4.78, 5) is 20.4. The molecule has 8 heteroatoms. The second-order valence-corrected chi connectivity index (χ2v) is 7.22. The topological polar surface area (TPSA) is 76.5 Å². The van der Waals surface area contributed by atoms with Crippen molar-refractivity contribution in [3.8, 4) is 5.75 Å². The molecule has 0 aliphatic rings.